The average molecular weight is 565 g/mol. The largest absolute Gasteiger partial charge is 0.463 e. The Morgan fingerprint density at radius 2 is 1.57 bits per heavy atom. The third kappa shape index (κ3) is 7.23. The normalized spacial score (nSPS) is 33.0. The van der Waals surface area contributed by atoms with Gasteiger partial charge in [-0.05, 0) is 6.08 Å². The predicted molar refractivity (Wildman–Crippen MR) is 131 cm³/mol. The summed E-state index contributed by atoms with van der Waals surface area (Å²) in [5, 5.41) is 0. The number of fused-ring (bicyclic) bond motifs is 1. The van der Waals surface area contributed by atoms with Crippen molar-refractivity contribution in [2.24, 2.45) is 0 Å². The van der Waals surface area contributed by atoms with Gasteiger partial charge in [0, 0.05) is 33.3 Å². The molecule has 0 N–H and O–H groups in total. The lowest BCUT2D eigenvalue weighted by atomic mass is 10.0. The zero-order valence-corrected chi connectivity index (χ0v) is 22.5. The van der Waals surface area contributed by atoms with Crippen molar-refractivity contribution < 1.29 is 61.8 Å². The van der Waals surface area contributed by atoms with Crippen molar-refractivity contribution in [1.29, 1.82) is 0 Å². The summed E-state index contributed by atoms with van der Waals surface area (Å²) >= 11 is 0. The number of benzene rings is 1. The van der Waals surface area contributed by atoms with E-state index in [1.54, 1.807) is 12.2 Å². The predicted octanol–water partition coefficient (Wildman–Crippen LogP) is 1.48. The lowest BCUT2D eigenvalue weighted by molar-refractivity contribution is -0.350. The third-order valence-electron chi connectivity index (χ3n) is 6.18. The van der Waals surface area contributed by atoms with Crippen molar-refractivity contribution in [3.05, 3.63) is 48.0 Å². The molecule has 2 fully saturated rings. The molecule has 3 aliphatic heterocycles. The molecule has 0 bridgehead atoms. The Bertz CT molecular complexity index is 1100. The fourth-order valence-corrected chi connectivity index (χ4v) is 4.58. The Balaban J connectivity index is 1.58. The lowest BCUT2D eigenvalue weighted by Crippen LogP contribution is -2.55. The first kappa shape index (κ1) is 29.6. The van der Waals surface area contributed by atoms with E-state index >= 15 is 0 Å². The summed E-state index contributed by atoms with van der Waals surface area (Å²) in [7, 11) is 0. The van der Waals surface area contributed by atoms with Crippen molar-refractivity contribution in [2.75, 3.05) is 19.8 Å². The number of rotatable bonds is 9. The van der Waals surface area contributed by atoms with Gasteiger partial charge in [0.2, 0.25) is 5.79 Å². The minimum Gasteiger partial charge on any atom is -0.463 e. The molecule has 218 valence electrons. The van der Waals surface area contributed by atoms with E-state index in [0.29, 0.717) is 0 Å². The van der Waals surface area contributed by atoms with E-state index in [2.05, 4.69) is 0 Å². The molecule has 0 radical (unpaired) electrons. The average Bonchev–Trinajstić information content (AvgIpc) is 3.17. The van der Waals surface area contributed by atoms with E-state index in [9.17, 15) is 19.2 Å². The molecule has 13 nitrogen and oxygen atoms in total. The van der Waals surface area contributed by atoms with Gasteiger partial charge in [0.25, 0.3) is 0 Å². The first-order valence-corrected chi connectivity index (χ1v) is 12.7. The van der Waals surface area contributed by atoms with Gasteiger partial charge in [-0.25, -0.2) is 0 Å². The van der Waals surface area contributed by atoms with Crippen LogP contribution in [0.1, 0.15) is 39.5 Å². The molecule has 0 saturated carbocycles. The minimum absolute atomic E-state index is 0.171. The number of ether oxygens (including phenoxy) is 9. The first-order valence-electron chi connectivity index (χ1n) is 12.7. The van der Waals surface area contributed by atoms with Gasteiger partial charge in [-0.2, -0.15) is 0 Å². The maximum absolute atomic E-state index is 12.1. The second-order valence-corrected chi connectivity index (χ2v) is 9.38. The van der Waals surface area contributed by atoms with Crippen LogP contribution in [0.5, 0.6) is 0 Å². The Kier molecular flexibility index (Phi) is 9.53. The van der Waals surface area contributed by atoms with Crippen LogP contribution in [0, 0.1) is 0 Å². The van der Waals surface area contributed by atoms with Gasteiger partial charge in [-0.1, -0.05) is 36.4 Å². The van der Waals surface area contributed by atoms with E-state index in [1.807, 2.05) is 30.3 Å². The first-order chi connectivity index (χ1) is 19.1. The van der Waals surface area contributed by atoms with Crippen LogP contribution in [0.3, 0.4) is 0 Å². The van der Waals surface area contributed by atoms with E-state index in [-0.39, 0.29) is 13.2 Å². The molecule has 0 unspecified atom stereocenters. The summed E-state index contributed by atoms with van der Waals surface area (Å²) in [6.07, 6.45) is -3.25. The van der Waals surface area contributed by atoms with Crippen LogP contribution in [0.4, 0.5) is 0 Å². The van der Waals surface area contributed by atoms with Gasteiger partial charge in [-0.3, -0.25) is 19.2 Å². The molecule has 1 aromatic rings. The highest BCUT2D eigenvalue weighted by Gasteiger charge is 2.62. The van der Waals surface area contributed by atoms with E-state index in [1.165, 1.54) is 13.8 Å². The van der Waals surface area contributed by atoms with Crippen LogP contribution >= 0.6 is 0 Å². The second-order valence-electron chi connectivity index (χ2n) is 9.38. The van der Waals surface area contributed by atoms with Crippen molar-refractivity contribution in [3.8, 4) is 0 Å². The fraction of sp³-hybridized carbons (Fsp3) is 0.556. The molecule has 1 aromatic carbocycles. The number of carbonyl (C=O) groups is 4. The monoisotopic (exact) mass is 564 g/mol. The summed E-state index contributed by atoms with van der Waals surface area (Å²) in [6, 6.07) is 9.44. The molecular formula is C27H32O13. The fourth-order valence-electron chi connectivity index (χ4n) is 4.58. The summed E-state index contributed by atoms with van der Waals surface area (Å²) in [4.78, 5) is 47.4. The molecule has 40 heavy (non-hydrogen) atoms. The number of hydrogen-bond acceptors (Lipinski definition) is 13. The maximum Gasteiger partial charge on any atom is 0.303 e. The highest BCUT2D eigenvalue weighted by atomic mass is 16.8. The molecule has 3 heterocycles. The Morgan fingerprint density at radius 1 is 0.875 bits per heavy atom. The van der Waals surface area contributed by atoms with Gasteiger partial charge < -0.3 is 42.6 Å². The van der Waals surface area contributed by atoms with Crippen LogP contribution in [-0.4, -0.2) is 86.3 Å². The number of carbonyl (C=O) groups excluding carboxylic acids is 4. The van der Waals surface area contributed by atoms with Crippen molar-refractivity contribution in [3.63, 3.8) is 0 Å². The molecule has 2 saturated heterocycles. The van der Waals surface area contributed by atoms with Gasteiger partial charge >= 0.3 is 23.9 Å². The molecule has 4 rings (SSSR count). The van der Waals surface area contributed by atoms with Crippen LogP contribution in [0.25, 0.3) is 0 Å². The molecule has 0 aliphatic carbocycles. The van der Waals surface area contributed by atoms with Gasteiger partial charge in [0.15, 0.2) is 24.8 Å². The third-order valence-corrected chi connectivity index (χ3v) is 6.18. The zero-order valence-electron chi connectivity index (χ0n) is 22.5. The molecular weight excluding hydrogens is 532 g/mol. The Morgan fingerprint density at radius 3 is 2.23 bits per heavy atom. The summed E-state index contributed by atoms with van der Waals surface area (Å²) in [5.41, 5.74) is 0.854. The number of esters is 4. The molecule has 0 amide bonds. The molecule has 3 aliphatic rings. The van der Waals surface area contributed by atoms with Gasteiger partial charge in [-0.15, -0.1) is 0 Å². The summed E-state index contributed by atoms with van der Waals surface area (Å²) < 4.78 is 51.4. The van der Waals surface area contributed by atoms with Gasteiger partial charge in [0.1, 0.15) is 31.5 Å². The maximum atomic E-state index is 12.1. The molecule has 0 spiro atoms. The van der Waals surface area contributed by atoms with Crippen molar-refractivity contribution >= 4 is 23.9 Å². The highest BCUT2D eigenvalue weighted by molar-refractivity contribution is 5.68. The van der Waals surface area contributed by atoms with Crippen LogP contribution in [0.15, 0.2) is 42.5 Å². The minimum atomic E-state index is -2.01. The molecule has 8 atom stereocenters. The topological polar surface area (TPSA) is 151 Å². The van der Waals surface area contributed by atoms with Crippen LogP contribution in [-0.2, 0) is 61.8 Å². The smallest absolute Gasteiger partial charge is 0.303 e. The Hall–Kier alpha value is -3.36. The lowest BCUT2D eigenvalue weighted by Gasteiger charge is -2.41. The summed E-state index contributed by atoms with van der Waals surface area (Å²) in [6.45, 7) is 3.89. The van der Waals surface area contributed by atoms with Crippen LogP contribution < -0.4 is 0 Å². The standard InChI is InChI=1S/C27H32O13/c1-15(28)32-13-22-24(35-17(3)30)25(36-18(4)31)27(39-22,14-34-16(2)29)40-23-11-10-20-21(37-23)12-33-26(38-20)19-8-6-5-7-9-19/h5-11,20-26H,12-14H2,1-4H3/t20-,21+,22+,23+,24+,25-,26+,27+/m0/s1. The second kappa shape index (κ2) is 12.9. The highest BCUT2D eigenvalue weighted by Crippen LogP contribution is 2.40. The summed E-state index contributed by atoms with van der Waals surface area (Å²) in [5.74, 6) is -4.78. The van der Waals surface area contributed by atoms with Crippen molar-refractivity contribution in [1.82, 2.24) is 0 Å². The molecule has 0 aromatic heterocycles. The molecule has 13 heteroatoms. The number of hydrogen-bond donors (Lipinski definition) is 0. The van der Waals surface area contributed by atoms with Gasteiger partial charge in [0.05, 0.1) is 6.61 Å². The zero-order chi connectivity index (χ0) is 28.9. The Labute approximate surface area is 230 Å². The quantitative estimate of drug-likeness (QED) is 0.242. The van der Waals surface area contributed by atoms with Crippen LogP contribution in [0.2, 0.25) is 0 Å². The van der Waals surface area contributed by atoms with Crippen molar-refractivity contribution in [2.45, 2.75) is 76.6 Å². The van der Waals surface area contributed by atoms with E-state index in [4.69, 9.17) is 42.6 Å². The van der Waals surface area contributed by atoms with E-state index in [0.717, 1.165) is 19.4 Å². The SMILES string of the molecule is CC(=O)OC[C@H]1O[C@](COC(C)=O)(O[C@@H]2C=C[C@@H]3O[C@H](c4ccccc4)OC[C@H]3O2)[C@@H](OC(C)=O)[C@@H]1OC(C)=O. The van der Waals surface area contributed by atoms with E-state index < -0.39 is 79.4 Å².